The van der Waals surface area contributed by atoms with E-state index in [9.17, 15) is 29.3 Å². The predicted molar refractivity (Wildman–Crippen MR) is 124 cm³/mol. The first-order chi connectivity index (χ1) is 18.0. The fourth-order valence-electron chi connectivity index (χ4n) is 4.26. The molecule has 0 bridgehead atoms. The molecule has 1 unspecified atom stereocenters. The Kier molecular flexibility index (Phi) is 7.01. The molecule has 0 amide bonds. The number of nitrogens with one attached hydrogen (secondary N) is 1. The minimum Gasteiger partial charge on any atom is -0.394 e. The van der Waals surface area contributed by atoms with Crippen LogP contribution >= 0.6 is 7.82 Å². The number of phosphoric ester groups is 1. The fraction of sp³-hybridized carbons (Fsp3) is 0.556. The SMILES string of the molecule is Nc1ncn([C@H]2C[C@@H](O)[C@@H](COP(=O)(O)O[C@@H]3C[C@H](n4cnc5c(=O)[nH]c(N)nc54)O[C@@H]3CO)O2)c(=O)n1. The van der Waals surface area contributed by atoms with Crippen LogP contribution in [0.5, 0.6) is 0 Å². The molecular formula is C18H24N9O10P. The van der Waals surface area contributed by atoms with Crippen molar-refractivity contribution >= 4 is 30.9 Å². The number of phosphoric acid groups is 1. The number of aromatic amines is 1. The van der Waals surface area contributed by atoms with Gasteiger partial charge in [0.05, 0.1) is 25.6 Å². The van der Waals surface area contributed by atoms with Gasteiger partial charge in [0.2, 0.25) is 11.9 Å². The number of aromatic nitrogens is 7. The van der Waals surface area contributed by atoms with Gasteiger partial charge in [-0.3, -0.25) is 28.0 Å². The molecule has 8 N–H and O–H groups in total. The largest absolute Gasteiger partial charge is 0.472 e. The third kappa shape index (κ3) is 5.18. The van der Waals surface area contributed by atoms with Crippen LogP contribution in [0, 0.1) is 0 Å². The quantitative estimate of drug-likeness (QED) is 0.154. The number of nitrogen functional groups attached to an aromatic ring is 2. The van der Waals surface area contributed by atoms with Crippen molar-refractivity contribution in [3.05, 3.63) is 33.5 Å². The van der Waals surface area contributed by atoms with Crippen LogP contribution < -0.4 is 22.7 Å². The number of imidazole rings is 1. The van der Waals surface area contributed by atoms with Crippen molar-refractivity contribution in [3.8, 4) is 0 Å². The van der Waals surface area contributed by atoms with Gasteiger partial charge in [-0.2, -0.15) is 9.97 Å². The Bertz CT molecular complexity index is 1490. The molecule has 206 valence electrons. The maximum Gasteiger partial charge on any atom is 0.472 e. The van der Waals surface area contributed by atoms with Gasteiger partial charge in [0, 0.05) is 12.8 Å². The Hall–Kier alpha value is -3.29. The molecule has 0 saturated carbocycles. The third-order valence-corrected chi connectivity index (χ3v) is 7.06. The van der Waals surface area contributed by atoms with Crippen molar-refractivity contribution in [1.29, 1.82) is 0 Å². The smallest absolute Gasteiger partial charge is 0.394 e. The molecule has 5 heterocycles. The van der Waals surface area contributed by atoms with E-state index >= 15 is 0 Å². The van der Waals surface area contributed by atoms with Crippen molar-refractivity contribution < 1.29 is 38.2 Å². The summed E-state index contributed by atoms with van der Waals surface area (Å²) in [5.41, 5.74) is 9.79. The van der Waals surface area contributed by atoms with E-state index in [1.54, 1.807) is 0 Å². The van der Waals surface area contributed by atoms with Crippen LogP contribution in [0.15, 0.2) is 22.2 Å². The van der Waals surface area contributed by atoms with Gasteiger partial charge in [0.25, 0.3) is 5.56 Å². The molecule has 38 heavy (non-hydrogen) atoms. The van der Waals surface area contributed by atoms with Gasteiger partial charge in [0.15, 0.2) is 11.2 Å². The average molecular weight is 557 g/mol. The highest BCUT2D eigenvalue weighted by Gasteiger charge is 2.43. The number of H-pyrrole nitrogens is 1. The molecule has 3 aromatic rings. The molecule has 0 aliphatic carbocycles. The number of nitrogens with two attached hydrogens (primary N) is 2. The summed E-state index contributed by atoms with van der Waals surface area (Å²) in [4.78, 5) is 51.9. The zero-order valence-corrected chi connectivity index (χ0v) is 20.3. The molecule has 2 fully saturated rings. The van der Waals surface area contributed by atoms with E-state index in [4.69, 9.17) is 30.0 Å². The number of ether oxygens (including phenoxy) is 2. The van der Waals surface area contributed by atoms with Crippen molar-refractivity contribution in [3.63, 3.8) is 0 Å². The molecular weight excluding hydrogens is 533 g/mol. The maximum atomic E-state index is 12.7. The van der Waals surface area contributed by atoms with E-state index in [2.05, 4.69) is 24.9 Å². The van der Waals surface area contributed by atoms with Crippen molar-refractivity contribution in [2.24, 2.45) is 0 Å². The molecule has 0 radical (unpaired) electrons. The second-order valence-corrected chi connectivity index (χ2v) is 9.97. The van der Waals surface area contributed by atoms with Crippen LogP contribution in [0.25, 0.3) is 11.2 Å². The molecule has 3 aromatic heterocycles. The number of hydrogen-bond acceptors (Lipinski definition) is 15. The standard InChI is InChI=1S/C18H24N9O10P/c19-16-22-6-27(18(31)25-16)11-1-7(29)10(36-11)4-34-38(32,33)37-8-2-12(35-9(8)3-28)26-5-21-13-14(26)23-17(20)24-15(13)30/h5-12,28-29H,1-4H2,(H,32,33)(H2,19,25,31)(H3,20,23,24,30)/t7-,8-,9-,10-,11-,12-/m1/s1. The number of anilines is 2. The Balaban J connectivity index is 1.23. The number of fused-ring (bicyclic) bond motifs is 1. The molecule has 5 rings (SSSR count). The summed E-state index contributed by atoms with van der Waals surface area (Å²) >= 11 is 0. The van der Waals surface area contributed by atoms with E-state index in [0.717, 1.165) is 10.9 Å². The summed E-state index contributed by atoms with van der Waals surface area (Å²) < 4.78 is 36.7. The Morgan fingerprint density at radius 1 is 1.11 bits per heavy atom. The molecule has 0 spiro atoms. The lowest BCUT2D eigenvalue weighted by atomic mass is 10.2. The summed E-state index contributed by atoms with van der Waals surface area (Å²) in [6.07, 6.45) is -3.86. The number of hydrogen-bond donors (Lipinski definition) is 6. The van der Waals surface area contributed by atoms with E-state index < -0.39 is 69.2 Å². The molecule has 20 heteroatoms. The number of nitrogens with zero attached hydrogens (tertiary/aromatic N) is 6. The van der Waals surface area contributed by atoms with Gasteiger partial charge in [-0.05, 0) is 0 Å². The highest BCUT2D eigenvalue weighted by Crippen LogP contribution is 2.49. The highest BCUT2D eigenvalue weighted by atomic mass is 31.2. The summed E-state index contributed by atoms with van der Waals surface area (Å²) in [5, 5.41) is 20.0. The van der Waals surface area contributed by atoms with Crippen LogP contribution in [0.1, 0.15) is 25.3 Å². The number of aliphatic hydroxyl groups is 2. The highest BCUT2D eigenvalue weighted by molar-refractivity contribution is 7.47. The normalized spacial score (nSPS) is 29.1. The van der Waals surface area contributed by atoms with Crippen molar-refractivity contribution in [2.45, 2.75) is 49.7 Å². The average Bonchev–Trinajstić information content (AvgIpc) is 3.54. The first-order valence-corrected chi connectivity index (χ1v) is 12.7. The van der Waals surface area contributed by atoms with Crippen LogP contribution in [-0.2, 0) is 23.1 Å². The molecule has 19 nitrogen and oxygen atoms in total. The number of aliphatic hydroxyl groups excluding tert-OH is 2. The summed E-state index contributed by atoms with van der Waals surface area (Å²) in [6, 6.07) is 0. The lowest BCUT2D eigenvalue weighted by Gasteiger charge is -2.21. The minimum absolute atomic E-state index is 0.00472. The summed E-state index contributed by atoms with van der Waals surface area (Å²) in [5.74, 6) is -0.369. The molecule has 2 aliphatic heterocycles. The summed E-state index contributed by atoms with van der Waals surface area (Å²) in [6.45, 7) is -1.12. The lowest BCUT2D eigenvalue weighted by molar-refractivity contribution is -0.0568. The van der Waals surface area contributed by atoms with Gasteiger partial charge in [-0.25, -0.2) is 19.3 Å². The Morgan fingerprint density at radius 3 is 2.55 bits per heavy atom. The van der Waals surface area contributed by atoms with Crippen LogP contribution in [0.2, 0.25) is 0 Å². The minimum atomic E-state index is -4.75. The number of rotatable bonds is 8. The van der Waals surface area contributed by atoms with Gasteiger partial charge in [-0.15, -0.1) is 0 Å². The first kappa shape index (κ1) is 26.3. The van der Waals surface area contributed by atoms with Gasteiger partial charge >= 0.3 is 13.5 Å². The lowest BCUT2D eigenvalue weighted by Crippen LogP contribution is -2.30. The van der Waals surface area contributed by atoms with Gasteiger partial charge in [0.1, 0.15) is 37.1 Å². The topological polar surface area (TPSA) is 278 Å². The zero-order valence-electron chi connectivity index (χ0n) is 19.4. The fourth-order valence-corrected chi connectivity index (χ4v) is 5.22. The van der Waals surface area contributed by atoms with Gasteiger partial charge in [-0.1, -0.05) is 0 Å². The molecule has 2 saturated heterocycles. The van der Waals surface area contributed by atoms with Crippen LogP contribution in [0.3, 0.4) is 0 Å². The van der Waals surface area contributed by atoms with Crippen molar-refractivity contribution in [1.82, 2.24) is 34.1 Å². The Morgan fingerprint density at radius 2 is 1.82 bits per heavy atom. The monoisotopic (exact) mass is 557 g/mol. The summed E-state index contributed by atoms with van der Waals surface area (Å²) in [7, 11) is -4.75. The first-order valence-electron chi connectivity index (χ1n) is 11.2. The second kappa shape index (κ2) is 10.1. The van der Waals surface area contributed by atoms with E-state index in [1.807, 2.05) is 0 Å². The van der Waals surface area contributed by atoms with Gasteiger partial charge < -0.3 is 36.0 Å². The van der Waals surface area contributed by atoms with Crippen LogP contribution in [-0.4, -0.2) is 86.8 Å². The maximum absolute atomic E-state index is 12.7. The van der Waals surface area contributed by atoms with E-state index in [1.165, 1.54) is 10.9 Å². The van der Waals surface area contributed by atoms with Crippen molar-refractivity contribution in [2.75, 3.05) is 24.7 Å². The van der Waals surface area contributed by atoms with E-state index in [-0.39, 0.29) is 35.9 Å². The van der Waals surface area contributed by atoms with Crippen LogP contribution in [0.4, 0.5) is 11.9 Å². The molecule has 0 aromatic carbocycles. The predicted octanol–water partition coefficient (Wildman–Crippen LogP) is -2.63. The molecule has 7 atom stereocenters. The Labute approximate surface area is 211 Å². The zero-order chi connectivity index (χ0) is 27.2. The third-order valence-electron chi connectivity index (χ3n) is 6.05. The molecule has 2 aliphatic rings. The second-order valence-electron chi connectivity index (χ2n) is 8.57. The van der Waals surface area contributed by atoms with E-state index in [0.29, 0.717) is 0 Å².